The Kier molecular flexibility index (Phi) is 16.6. The number of allylic oxidation sites excluding steroid dienone is 3. The minimum absolute atomic E-state index is 0.0175. The van der Waals surface area contributed by atoms with Crippen molar-refractivity contribution >= 4 is 73.8 Å². The number of benzene rings is 3. The number of H-pyrrole nitrogens is 1. The molecule has 0 radical (unpaired) electrons. The molecule has 11 rings (SSSR count). The van der Waals surface area contributed by atoms with Crippen LogP contribution in [0.2, 0.25) is 10.0 Å². The Labute approximate surface area is 482 Å². The van der Waals surface area contributed by atoms with Crippen LogP contribution in [-0.4, -0.2) is 98.7 Å². The predicted octanol–water partition coefficient (Wildman–Crippen LogP) is 8.60. The van der Waals surface area contributed by atoms with Crippen LogP contribution in [0.15, 0.2) is 75.2 Å². The Morgan fingerprint density at radius 2 is 1.66 bits per heavy atom. The van der Waals surface area contributed by atoms with Crippen molar-refractivity contribution in [2.24, 2.45) is 5.92 Å². The SMILES string of the molecule is O=C(NCC#CCc1cn([C@H]2CC[C@@H](COP(OO)(OOO)(P(=O)=O)P(=O)=O)O2)c(=O)[nH]c1=O)c1ccc(CNC(=O)c2cc(Cl)c(C3c4cc5c6c(c4OC4=C7CCC[N+]8=C7C(=CC43)CCC8)CCCN6CCC5)c(C(=O)O)c2Cl)cc1. The van der Waals surface area contributed by atoms with Crippen LogP contribution in [0, 0.1) is 17.8 Å². The number of carbonyl (C=O) groups is 3. The minimum Gasteiger partial charge on any atom is -0.478 e. The van der Waals surface area contributed by atoms with E-state index in [1.54, 1.807) is 12.1 Å². The predicted molar refractivity (Wildman–Crippen MR) is 297 cm³/mol. The van der Waals surface area contributed by atoms with E-state index >= 15 is 0 Å². The fraction of sp³-hybridized carbons (Fsp3) is 0.407. The molecular weight excluding hydrogens is 1180 g/mol. The third-order valence-corrected chi connectivity index (χ3v) is 26.6. The van der Waals surface area contributed by atoms with Gasteiger partial charge in [0.15, 0.2) is 0 Å². The number of halogens is 2. The van der Waals surface area contributed by atoms with Gasteiger partial charge in [-0.15, -0.1) is 0 Å². The van der Waals surface area contributed by atoms with E-state index in [2.05, 4.69) is 63.5 Å². The zero-order valence-corrected chi connectivity index (χ0v) is 48.3. The molecular formula is C54H54Cl2N6O18P3+. The number of anilines is 1. The number of ether oxygens (including phenoxy) is 2. The number of carboxylic acid groups (broad SMARTS) is 1. The summed E-state index contributed by atoms with van der Waals surface area (Å²) in [5.74, 6) is 3.68. The van der Waals surface area contributed by atoms with Gasteiger partial charge in [-0.1, -0.05) is 41.4 Å². The van der Waals surface area contributed by atoms with Crippen LogP contribution in [0.4, 0.5) is 5.69 Å². The van der Waals surface area contributed by atoms with Crippen molar-refractivity contribution in [2.75, 3.05) is 44.2 Å². The van der Waals surface area contributed by atoms with Gasteiger partial charge in [0.25, 0.3) is 11.8 Å². The summed E-state index contributed by atoms with van der Waals surface area (Å²) in [6, 6.07) is 10.00. The summed E-state index contributed by atoms with van der Waals surface area (Å²) in [6.45, 7) is -3.73. The van der Waals surface area contributed by atoms with Crippen LogP contribution in [0.3, 0.4) is 0 Å². The van der Waals surface area contributed by atoms with Gasteiger partial charge in [-0.05, 0) is 79.5 Å². The first-order valence-corrected chi connectivity index (χ1v) is 33.3. The number of aromatic carboxylic acids is 1. The number of carboxylic acids is 1. The third kappa shape index (κ3) is 10.5. The fourth-order valence-corrected chi connectivity index (χ4v) is 17.6. The first-order valence-electron chi connectivity index (χ1n) is 26.8. The van der Waals surface area contributed by atoms with Crippen LogP contribution < -0.4 is 31.5 Å². The quantitative estimate of drug-likeness (QED) is 0.0189. The van der Waals surface area contributed by atoms with Crippen molar-refractivity contribution in [1.82, 2.24) is 20.2 Å². The number of amides is 2. The molecule has 24 nitrogen and oxygen atoms in total. The number of aromatic nitrogens is 2. The molecule has 1 aromatic heterocycles. The Balaban J connectivity index is 0.750. The number of aryl methyl sites for hydroxylation is 1. The van der Waals surface area contributed by atoms with Crippen molar-refractivity contribution in [2.45, 2.75) is 95.4 Å². The van der Waals surface area contributed by atoms with E-state index in [1.165, 1.54) is 52.5 Å². The molecule has 7 heterocycles. The van der Waals surface area contributed by atoms with Crippen LogP contribution in [0.1, 0.15) is 128 Å². The fourth-order valence-electron chi connectivity index (χ4n) is 12.5. The van der Waals surface area contributed by atoms with Gasteiger partial charge >= 0.3 is 179 Å². The maximum Gasteiger partial charge on any atom is 0.337 e. The summed E-state index contributed by atoms with van der Waals surface area (Å²) in [5, 5.41) is 37.6. The number of carbonyl (C=O) groups excluding carboxylic acids is 2. The molecule has 7 aliphatic rings. The summed E-state index contributed by atoms with van der Waals surface area (Å²) in [6.07, 6.45) is 8.59. The van der Waals surface area contributed by atoms with E-state index in [9.17, 15) is 52.6 Å². The van der Waals surface area contributed by atoms with Crippen LogP contribution in [-0.2, 0) is 67.7 Å². The average Bonchev–Trinajstić information content (AvgIpc) is 1.82. The number of nitrogens with zero attached hydrogens (tertiary/aromatic N) is 3. The van der Waals surface area contributed by atoms with Gasteiger partial charge in [-0.3, -0.25) is 9.59 Å². The van der Waals surface area contributed by atoms with Gasteiger partial charge in [0, 0.05) is 77.3 Å². The van der Waals surface area contributed by atoms with E-state index in [0.717, 1.165) is 105 Å². The summed E-state index contributed by atoms with van der Waals surface area (Å²) < 4.78 is 76.6. The van der Waals surface area contributed by atoms with E-state index in [4.69, 9.17) is 42.5 Å². The summed E-state index contributed by atoms with van der Waals surface area (Å²) >= 11 is 14.4. The molecule has 6 N–H and O–H groups in total. The largest absolute Gasteiger partial charge is 0.478 e. The van der Waals surface area contributed by atoms with Crippen molar-refractivity contribution in [3.8, 4) is 17.6 Å². The van der Waals surface area contributed by atoms with E-state index in [0.29, 0.717) is 11.1 Å². The standard InChI is InChI=1S/C54H53Cl2N6O18P3/c55-40-25-39(45(56)44(53(66)67)43(40)42-37-23-31-8-3-19-60-21-5-10-35(46(31)60)48(37)77-49-36-11-6-22-61-20-4-9-32(47(36)61)24-38(42)49)52(65)58-26-29-12-14-30(15-13-29)50(63)57-18-2-1-7-33-27-62(54(68)59-51(33)64)41-17-16-34(76-41)28-75-83(79-70,80-78-69,81(71)72)82(73)74/h12-15,23-25,27,34,37,41-42H,3-11,16-22,26,28H2,(H5-,57,58,59,63,64,65,66,67,68,69,70)/p+1/t34-,37?,41+,42?/m0/s1. The van der Waals surface area contributed by atoms with Crippen LogP contribution >= 0.6 is 44.6 Å². The second-order valence-electron chi connectivity index (χ2n) is 21.0. The zero-order valence-electron chi connectivity index (χ0n) is 44.1. The third-order valence-electron chi connectivity index (χ3n) is 16.2. The average molecular weight is 1240 g/mol. The molecule has 4 atom stereocenters. The smallest absolute Gasteiger partial charge is 0.337 e. The summed E-state index contributed by atoms with van der Waals surface area (Å²) in [7, 11) is -8.81. The molecule has 1 fully saturated rings. The van der Waals surface area contributed by atoms with Gasteiger partial charge in [0.05, 0.1) is 21.7 Å². The molecule has 3 aromatic carbocycles. The normalized spacial score (nSPS) is 20.9. The van der Waals surface area contributed by atoms with Crippen molar-refractivity contribution in [3.63, 3.8) is 0 Å². The maximum atomic E-state index is 14.0. The Hall–Kier alpha value is -6.41. The molecule has 4 aromatic rings. The maximum absolute atomic E-state index is 14.0. The number of fused-ring (bicyclic) bond motifs is 3. The second-order valence-corrected chi connectivity index (χ2v) is 31.9. The first kappa shape index (κ1) is 58.4. The number of aromatic amines is 1. The summed E-state index contributed by atoms with van der Waals surface area (Å²) in [5.41, 5.74) is 7.35. The van der Waals surface area contributed by atoms with Crippen molar-refractivity contribution in [1.29, 1.82) is 0 Å². The monoisotopic (exact) mass is 1240 g/mol. The Morgan fingerprint density at radius 1 is 0.916 bits per heavy atom. The minimum atomic E-state index is -6.55. The van der Waals surface area contributed by atoms with Gasteiger partial charge < -0.3 is 25.4 Å². The second kappa shape index (κ2) is 23.6. The first-order chi connectivity index (χ1) is 39.9. The van der Waals surface area contributed by atoms with E-state index in [1.807, 2.05) is 0 Å². The molecule has 83 heavy (non-hydrogen) atoms. The number of rotatable bonds is 17. The molecule has 1 saturated heterocycles. The molecule has 6 aliphatic heterocycles. The number of nitrogens with one attached hydrogen (secondary N) is 3. The molecule has 2 unspecified atom stereocenters. The molecule has 0 bridgehead atoms. The molecule has 29 heteroatoms. The van der Waals surface area contributed by atoms with Crippen LogP contribution in [0.25, 0.3) is 0 Å². The van der Waals surface area contributed by atoms with Crippen LogP contribution in [0.5, 0.6) is 5.75 Å². The molecule has 0 saturated carbocycles. The van der Waals surface area contributed by atoms with E-state index < -0.39 is 75.3 Å². The van der Waals surface area contributed by atoms with Gasteiger partial charge in [0.2, 0.25) is 5.71 Å². The molecule has 436 valence electrons. The number of hydrogen-bond acceptors (Lipinski definition) is 18. The summed E-state index contributed by atoms with van der Waals surface area (Å²) in [4.78, 5) is 70.8. The zero-order chi connectivity index (χ0) is 58.5. The van der Waals surface area contributed by atoms with Crippen molar-refractivity contribution < 1.29 is 81.2 Å². The molecule has 0 spiro atoms. The molecule has 2 amide bonds. The van der Waals surface area contributed by atoms with Crippen molar-refractivity contribution in [3.05, 3.63) is 147 Å². The van der Waals surface area contributed by atoms with Gasteiger partial charge in [0.1, 0.15) is 24.6 Å². The van der Waals surface area contributed by atoms with Gasteiger partial charge in [-0.25, -0.2) is 9.37 Å². The Bertz CT molecular complexity index is 3820. The van der Waals surface area contributed by atoms with E-state index in [-0.39, 0.29) is 70.6 Å². The topological polar surface area (TPSA) is 321 Å². The van der Waals surface area contributed by atoms with Gasteiger partial charge in [-0.2, -0.15) is 0 Å². The molecule has 1 aliphatic carbocycles. The number of hydrogen-bond donors (Lipinski definition) is 6. The Morgan fingerprint density at radius 3 is 2.39 bits per heavy atom.